The molecular formula is C14H20ClNO2. The third-order valence-electron chi connectivity index (χ3n) is 3.60. The molecule has 1 fully saturated rings. The highest BCUT2D eigenvalue weighted by Gasteiger charge is 2.19. The van der Waals surface area contributed by atoms with E-state index in [1.165, 1.54) is 12.8 Å². The number of halogens is 1. The molecule has 100 valence electrons. The minimum Gasteiger partial charge on any atom is -0.507 e. The van der Waals surface area contributed by atoms with Crippen LogP contribution in [0, 0.1) is 6.92 Å². The zero-order valence-electron chi connectivity index (χ0n) is 10.9. The number of benzene rings is 1. The summed E-state index contributed by atoms with van der Waals surface area (Å²) in [6.07, 6.45) is 4.46. The average Bonchev–Trinajstić information content (AvgIpc) is 2.37. The second-order valence-corrected chi connectivity index (χ2v) is 5.28. The number of phenolic OH excluding ortho intramolecular Hbond substituents is 1. The van der Waals surface area contributed by atoms with Gasteiger partial charge in [0.25, 0.3) is 0 Å². The number of methoxy groups -OCH3 is 1. The van der Waals surface area contributed by atoms with Crippen molar-refractivity contribution in [2.75, 3.05) is 13.7 Å². The van der Waals surface area contributed by atoms with Crippen LogP contribution in [0.2, 0.25) is 5.02 Å². The summed E-state index contributed by atoms with van der Waals surface area (Å²) in [6.45, 7) is 2.89. The lowest BCUT2D eigenvalue weighted by atomic mass is 9.96. The normalized spacial score (nSPS) is 19.8. The highest BCUT2D eigenvalue weighted by molar-refractivity contribution is 6.32. The molecule has 1 aromatic rings. The smallest absolute Gasteiger partial charge is 0.144 e. The Morgan fingerprint density at radius 1 is 1.50 bits per heavy atom. The summed E-state index contributed by atoms with van der Waals surface area (Å²) in [6, 6.07) is 2.26. The topological polar surface area (TPSA) is 41.5 Å². The number of ether oxygens (including phenoxy) is 1. The van der Waals surface area contributed by atoms with Gasteiger partial charge in [0, 0.05) is 11.6 Å². The highest BCUT2D eigenvalue weighted by Crippen LogP contribution is 2.37. The summed E-state index contributed by atoms with van der Waals surface area (Å²) in [5, 5.41) is 14.2. The molecule has 0 radical (unpaired) electrons. The van der Waals surface area contributed by atoms with Crippen molar-refractivity contribution in [2.45, 2.75) is 38.6 Å². The van der Waals surface area contributed by atoms with Crippen LogP contribution in [0.5, 0.6) is 11.5 Å². The number of nitrogens with one attached hydrogen (secondary N) is 1. The molecule has 18 heavy (non-hydrogen) atoms. The quantitative estimate of drug-likeness (QED) is 0.886. The first-order valence-corrected chi connectivity index (χ1v) is 6.79. The first-order chi connectivity index (χ1) is 8.63. The fraction of sp³-hybridized carbons (Fsp3) is 0.571. The molecule has 0 aromatic heterocycles. The van der Waals surface area contributed by atoms with Crippen molar-refractivity contribution in [1.82, 2.24) is 5.32 Å². The first kappa shape index (κ1) is 13.5. The van der Waals surface area contributed by atoms with Crippen LogP contribution in [0.4, 0.5) is 0 Å². The number of hydrogen-bond acceptors (Lipinski definition) is 3. The van der Waals surface area contributed by atoms with Gasteiger partial charge in [-0.3, -0.25) is 0 Å². The molecule has 1 unspecified atom stereocenters. The lowest BCUT2D eigenvalue weighted by molar-refractivity contribution is 0.385. The molecule has 2 N–H and O–H groups in total. The van der Waals surface area contributed by atoms with Crippen LogP contribution in [-0.2, 0) is 6.42 Å². The van der Waals surface area contributed by atoms with E-state index in [2.05, 4.69) is 5.32 Å². The fourth-order valence-electron chi connectivity index (χ4n) is 2.58. The van der Waals surface area contributed by atoms with Gasteiger partial charge in [-0.15, -0.1) is 0 Å². The largest absolute Gasteiger partial charge is 0.507 e. The van der Waals surface area contributed by atoms with Crippen LogP contribution in [0.3, 0.4) is 0 Å². The number of phenols is 1. The minimum atomic E-state index is 0.309. The monoisotopic (exact) mass is 269 g/mol. The number of rotatable bonds is 3. The van der Waals surface area contributed by atoms with E-state index in [0.29, 0.717) is 22.6 Å². The minimum absolute atomic E-state index is 0.309. The van der Waals surface area contributed by atoms with Crippen LogP contribution in [-0.4, -0.2) is 24.8 Å². The van der Waals surface area contributed by atoms with Gasteiger partial charge < -0.3 is 15.2 Å². The van der Waals surface area contributed by atoms with Gasteiger partial charge in [0.05, 0.1) is 12.1 Å². The second kappa shape index (κ2) is 5.81. The summed E-state index contributed by atoms with van der Waals surface area (Å²) in [7, 11) is 1.57. The van der Waals surface area contributed by atoms with E-state index in [9.17, 15) is 5.11 Å². The van der Waals surface area contributed by atoms with Crippen molar-refractivity contribution in [3.63, 3.8) is 0 Å². The summed E-state index contributed by atoms with van der Waals surface area (Å²) >= 11 is 6.17. The maximum absolute atomic E-state index is 10.2. The van der Waals surface area contributed by atoms with Gasteiger partial charge in [0.2, 0.25) is 0 Å². The van der Waals surface area contributed by atoms with E-state index >= 15 is 0 Å². The summed E-state index contributed by atoms with van der Waals surface area (Å²) < 4.78 is 5.19. The van der Waals surface area contributed by atoms with Crippen LogP contribution >= 0.6 is 11.6 Å². The van der Waals surface area contributed by atoms with Crippen LogP contribution in [0.25, 0.3) is 0 Å². The van der Waals surface area contributed by atoms with Crippen molar-refractivity contribution in [3.05, 3.63) is 22.2 Å². The highest BCUT2D eigenvalue weighted by atomic mass is 35.5. The van der Waals surface area contributed by atoms with Crippen molar-refractivity contribution in [1.29, 1.82) is 0 Å². The number of hydrogen-bond donors (Lipinski definition) is 2. The molecule has 3 nitrogen and oxygen atoms in total. The Morgan fingerprint density at radius 2 is 2.28 bits per heavy atom. The van der Waals surface area contributed by atoms with Crippen molar-refractivity contribution >= 4 is 11.6 Å². The molecule has 0 saturated carbocycles. The lowest BCUT2D eigenvalue weighted by Crippen LogP contribution is -2.35. The van der Waals surface area contributed by atoms with E-state index in [4.69, 9.17) is 16.3 Å². The van der Waals surface area contributed by atoms with Gasteiger partial charge in [0.15, 0.2) is 0 Å². The van der Waals surface area contributed by atoms with E-state index in [0.717, 1.165) is 30.5 Å². The van der Waals surface area contributed by atoms with Gasteiger partial charge in [-0.05, 0) is 44.4 Å². The van der Waals surface area contributed by atoms with E-state index in [-0.39, 0.29) is 0 Å². The van der Waals surface area contributed by atoms with E-state index < -0.39 is 0 Å². The van der Waals surface area contributed by atoms with Crippen LogP contribution in [0.15, 0.2) is 6.07 Å². The Hall–Kier alpha value is -0.930. The van der Waals surface area contributed by atoms with Gasteiger partial charge in [0.1, 0.15) is 11.5 Å². The predicted octanol–water partition coefficient (Wildman–Crippen LogP) is 3.05. The third kappa shape index (κ3) is 2.73. The maximum atomic E-state index is 10.2. The van der Waals surface area contributed by atoms with Gasteiger partial charge in [-0.1, -0.05) is 18.0 Å². The summed E-state index contributed by atoms with van der Waals surface area (Å²) in [4.78, 5) is 0. The molecule has 0 spiro atoms. The molecule has 1 aliphatic heterocycles. The molecule has 1 heterocycles. The van der Waals surface area contributed by atoms with Crippen molar-refractivity contribution < 1.29 is 9.84 Å². The Labute approximate surface area is 113 Å². The zero-order chi connectivity index (χ0) is 13.1. The van der Waals surface area contributed by atoms with Gasteiger partial charge in [-0.25, -0.2) is 0 Å². The standard InChI is InChI=1S/C14H20ClNO2/c1-9-13(17)10(8-12(15)14(9)18-2)7-11-5-3-4-6-16-11/h8,11,16-17H,3-7H2,1-2H3. The molecule has 0 aliphatic carbocycles. The third-order valence-corrected chi connectivity index (χ3v) is 3.88. The number of piperidine rings is 1. The average molecular weight is 270 g/mol. The summed E-state index contributed by atoms with van der Waals surface area (Å²) in [5.74, 6) is 0.873. The zero-order valence-corrected chi connectivity index (χ0v) is 11.7. The molecule has 1 atom stereocenters. The molecular weight excluding hydrogens is 250 g/mol. The van der Waals surface area contributed by atoms with Crippen LogP contribution < -0.4 is 10.1 Å². The molecule has 1 aromatic carbocycles. The first-order valence-electron chi connectivity index (χ1n) is 6.41. The molecule has 1 aliphatic rings. The number of aromatic hydroxyl groups is 1. The maximum Gasteiger partial charge on any atom is 0.144 e. The fourth-order valence-corrected chi connectivity index (χ4v) is 2.93. The van der Waals surface area contributed by atoms with E-state index in [1.807, 2.05) is 13.0 Å². The SMILES string of the molecule is COc1c(Cl)cc(CC2CCCCN2)c(O)c1C. The Balaban J connectivity index is 2.22. The Kier molecular flexibility index (Phi) is 4.36. The van der Waals surface area contributed by atoms with Crippen molar-refractivity contribution in [3.8, 4) is 11.5 Å². The van der Waals surface area contributed by atoms with Gasteiger partial charge >= 0.3 is 0 Å². The predicted molar refractivity (Wildman–Crippen MR) is 73.8 cm³/mol. The van der Waals surface area contributed by atoms with Gasteiger partial charge in [-0.2, -0.15) is 0 Å². The Bertz CT molecular complexity index is 428. The second-order valence-electron chi connectivity index (χ2n) is 4.88. The summed E-state index contributed by atoms with van der Waals surface area (Å²) in [5.41, 5.74) is 1.62. The molecule has 0 bridgehead atoms. The Morgan fingerprint density at radius 3 is 2.89 bits per heavy atom. The molecule has 4 heteroatoms. The molecule has 2 rings (SSSR count). The van der Waals surface area contributed by atoms with Crippen LogP contribution in [0.1, 0.15) is 30.4 Å². The molecule has 1 saturated heterocycles. The molecule has 0 amide bonds. The lowest BCUT2D eigenvalue weighted by Gasteiger charge is -2.24. The van der Waals surface area contributed by atoms with Crippen molar-refractivity contribution in [2.24, 2.45) is 0 Å². The van der Waals surface area contributed by atoms with E-state index in [1.54, 1.807) is 7.11 Å².